The normalized spacial score (nSPS) is 14.0. The van der Waals surface area contributed by atoms with Crippen LogP contribution in [0.5, 0.6) is 0 Å². The van der Waals surface area contributed by atoms with Crippen LogP contribution in [0.1, 0.15) is 32.8 Å². The lowest BCUT2D eigenvalue weighted by Crippen LogP contribution is -2.19. The largest absolute Gasteiger partial charge is 0.384 e. The third-order valence-electron chi connectivity index (χ3n) is 2.87. The highest BCUT2D eigenvalue weighted by molar-refractivity contribution is 9.10. The van der Waals surface area contributed by atoms with Crippen LogP contribution in [0.3, 0.4) is 0 Å². The molecular formula is C14H19BrN2O. The Hall–Kier alpha value is -1.03. The first-order valence-electron chi connectivity index (χ1n) is 6.21. The molecule has 1 aliphatic heterocycles. The third kappa shape index (κ3) is 3.25. The van der Waals surface area contributed by atoms with E-state index in [0.717, 1.165) is 28.8 Å². The van der Waals surface area contributed by atoms with Crippen LogP contribution in [0.4, 0.5) is 11.4 Å². The van der Waals surface area contributed by atoms with Gasteiger partial charge in [-0.1, -0.05) is 20.8 Å². The predicted molar refractivity (Wildman–Crippen MR) is 79.0 cm³/mol. The molecule has 0 radical (unpaired) electrons. The van der Waals surface area contributed by atoms with Crippen molar-refractivity contribution in [2.75, 3.05) is 17.2 Å². The molecule has 0 aromatic heterocycles. The van der Waals surface area contributed by atoms with E-state index in [-0.39, 0.29) is 11.3 Å². The average Bonchev–Trinajstić information content (AvgIpc) is 2.62. The van der Waals surface area contributed by atoms with Gasteiger partial charge in [0.15, 0.2) is 0 Å². The maximum atomic E-state index is 11.9. The Kier molecular flexibility index (Phi) is 3.66. The van der Waals surface area contributed by atoms with Crippen molar-refractivity contribution in [1.29, 1.82) is 0 Å². The molecule has 1 aromatic carbocycles. The quantitative estimate of drug-likeness (QED) is 0.872. The summed E-state index contributed by atoms with van der Waals surface area (Å²) in [4.78, 5) is 11.9. The molecule has 18 heavy (non-hydrogen) atoms. The molecule has 0 unspecified atom stereocenters. The number of anilines is 2. The minimum Gasteiger partial charge on any atom is -0.384 e. The van der Waals surface area contributed by atoms with Gasteiger partial charge in [-0.25, -0.2) is 0 Å². The first-order valence-corrected chi connectivity index (χ1v) is 7.01. The molecule has 1 aromatic rings. The molecule has 0 aliphatic carbocycles. The van der Waals surface area contributed by atoms with E-state index in [4.69, 9.17) is 0 Å². The third-order valence-corrected chi connectivity index (χ3v) is 3.52. The standard InChI is InChI=1S/C14H19BrN2O/c1-14(2,3)8-13(18)17-12-6-9-4-5-16-11(9)7-10(12)15/h6-7,16H,4-5,8H2,1-3H3,(H,17,18). The first kappa shape index (κ1) is 13.4. The highest BCUT2D eigenvalue weighted by atomic mass is 79.9. The average molecular weight is 311 g/mol. The fraction of sp³-hybridized carbons (Fsp3) is 0.500. The van der Waals surface area contributed by atoms with Crippen molar-refractivity contribution in [3.8, 4) is 0 Å². The summed E-state index contributed by atoms with van der Waals surface area (Å²) in [7, 11) is 0. The van der Waals surface area contributed by atoms with Gasteiger partial charge < -0.3 is 10.6 Å². The van der Waals surface area contributed by atoms with Crippen LogP contribution >= 0.6 is 15.9 Å². The van der Waals surface area contributed by atoms with Crippen molar-refractivity contribution in [3.05, 3.63) is 22.2 Å². The Bertz CT molecular complexity index is 477. The molecule has 1 aliphatic rings. The van der Waals surface area contributed by atoms with Crippen LogP contribution in [0.25, 0.3) is 0 Å². The van der Waals surface area contributed by atoms with E-state index < -0.39 is 0 Å². The van der Waals surface area contributed by atoms with Gasteiger partial charge in [-0.3, -0.25) is 4.79 Å². The lowest BCUT2D eigenvalue weighted by atomic mass is 9.92. The molecule has 0 saturated heterocycles. The number of nitrogens with one attached hydrogen (secondary N) is 2. The van der Waals surface area contributed by atoms with E-state index >= 15 is 0 Å². The number of halogens is 1. The fourth-order valence-corrected chi connectivity index (χ4v) is 2.54. The molecule has 0 fully saturated rings. The smallest absolute Gasteiger partial charge is 0.224 e. The number of fused-ring (bicyclic) bond motifs is 1. The molecule has 3 nitrogen and oxygen atoms in total. The summed E-state index contributed by atoms with van der Waals surface area (Å²) in [5.74, 6) is 0.0640. The fourth-order valence-electron chi connectivity index (χ4n) is 2.09. The second-order valence-electron chi connectivity index (χ2n) is 5.95. The summed E-state index contributed by atoms with van der Waals surface area (Å²) in [6.45, 7) is 7.16. The van der Waals surface area contributed by atoms with Crippen molar-refractivity contribution in [1.82, 2.24) is 0 Å². The molecule has 0 bridgehead atoms. The van der Waals surface area contributed by atoms with E-state index in [1.54, 1.807) is 0 Å². The van der Waals surface area contributed by atoms with Gasteiger partial charge in [-0.05, 0) is 45.5 Å². The summed E-state index contributed by atoms with van der Waals surface area (Å²) in [5.41, 5.74) is 3.31. The molecule has 1 heterocycles. The van der Waals surface area contributed by atoms with E-state index in [0.29, 0.717) is 6.42 Å². The Morgan fingerprint density at radius 1 is 1.44 bits per heavy atom. The zero-order chi connectivity index (χ0) is 13.3. The van der Waals surface area contributed by atoms with E-state index in [2.05, 4.69) is 53.4 Å². The van der Waals surface area contributed by atoms with E-state index in [9.17, 15) is 4.79 Å². The summed E-state index contributed by atoms with van der Waals surface area (Å²) >= 11 is 3.50. The number of benzene rings is 1. The summed E-state index contributed by atoms with van der Waals surface area (Å²) in [6.07, 6.45) is 1.54. The highest BCUT2D eigenvalue weighted by Crippen LogP contribution is 2.33. The number of carbonyl (C=O) groups is 1. The van der Waals surface area contributed by atoms with Gasteiger partial charge >= 0.3 is 0 Å². The molecular weight excluding hydrogens is 292 g/mol. The van der Waals surface area contributed by atoms with E-state index in [1.807, 2.05) is 6.07 Å². The van der Waals surface area contributed by atoms with Crippen molar-refractivity contribution >= 4 is 33.2 Å². The zero-order valence-corrected chi connectivity index (χ0v) is 12.6. The van der Waals surface area contributed by atoms with Crippen LogP contribution in [0.15, 0.2) is 16.6 Å². The number of carbonyl (C=O) groups excluding carboxylic acids is 1. The van der Waals surface area contributed by atoms with Crippen molar-refractivity contribution < 1.29 is 4.79 Å². The minimum absolute atomic E-state index is 0.00877. The van der Waals surface area contributed by atoms with Gasteiger partial charge in [0.1, 0.15) is 0 Å². The molecule has 0 saturated carbocycles. The maximum absolute atomic E-state index is 11.9. The zero-order valence-electron chi connectivity index (χ0n) is 11.1. The van der Waals surface area contributed by atoms with Gasteiger partial charge in [-0.2, -0.15) is 0 Å². The Balaban J connectivity index is 2.12. The van der Waals surface area contributed by atoms with Gasteiger partial charge in [0.2, 0.25) is 5.91 Å². The Morgan fingerprint density at radius 3 is 2.83 bits per heavy atom. The molecule has 2 N–H and O–H groups in total. The minimum atomic E-state index is 0.00877. The van der Waals surface area contributed by atoms with Crippen molar-refractivity contribution in [2.45, 2.75) is 33.6 Å². The molecule has 0 spiro atoms. The van der Waals surface area contributed by atoms with Crippen LogP contribution in [0.2, 0.25) is 0 Å². The van der Waals surface area contributed by atoms with Gasteiger partial charge in [0.25, 0.3) is 0 Å². The van der Waals surface area contributed by atoms with Crippen LogP contribution in [-0.2, 0) is 11.2 Å². The highest BCUT2D eigenvalue weighted by Gasteiger charge is 2.18. The topological polar surface area (TPSA) is 41.1 Å². The van der Waals surface area contributed by atoms with Crippen LogP contribution < -0.4 is 10.6 Å². The first-order chi connectivity index (χ1) is 8.35. The Morgan fingerprint density at radius 2 is 2.17 bits per heavy atom. The van der Waals surface area contributed by atoms with Gasteiger partial charge in [-0.15, -0.1) is 0 Å². The molecule has 0 atom stereocenters. The van der Waals surface area contributed by atoms with E-state index in [1.165, 1.54) is 5.56 Å². The van der Waals surface area contributed by atoms with Crippen molar-refractivity contribution in [3.63, 3.8) is 0 Å². The SMILES string of the molecule is CC(C)(C)CC(=O)Nc1cc2c(cc1Br)NCC2. The number of hydrogen-bond donors (Lipinski definition) is 2. The lowest BCUT2D eigenvalue weighted by Gasteiger charge is -2.18. The van der Waals surface area contributed by atoms with Crippen LogP contribution in [0, 0.1) is 5.41 Å². The number of rotatable bonds is 2. The number of amides is 1. The van der Waals surface area contributed by atoms with Gasteiger partial charge in [0, 0.05) is 23.1 Å². The van der Waals surface area contributed by atoms with Gasteiger partial charge in [0.05, 0.1) is 5.69 Å². The molecule has 4 heteroatoms. The summed E-state index contributed by atoms with van der Waals surface area (Å²) in [5, 5.41) is 6.30. The molecule has 2 rings (SSSR count). The lowest BCUT2D eigenvalue weighted by molar-refractivity contribution is -0.117. The number of hydrogen-bond acceptors (Lipinski definition) is 2. The molecule has 98 valence electrons. The maximum Gasteiger partial charge on any atom is 0.224 e. The second-order valence-corrected chi connectivity index (χ2v) is 6.81. The summed E-state index contributed by atoms with van der Waals surface area (Å²) in [6, 6.07) is 4.09. The predicted octanol–water partition coefficient (Wildman–Crippen LogP) is 3.79. The second kappa shape index (κ2) is 4.92. The van der Waals surface area contributed by atoms with Crippen LogP contribution in [-0.4, -0.2) is 12.5 Å². The Labute approximate surface area is 116 Å². The molecule has 1 amide bonds. The van der Waals surface area contributed by atoms with Crippen molar-refractivity contribution in [2.24, 2.45) is 5.41 Å². The monoisotopic (exact) mass is 310 g/mol. The summed E-state index contributed by atoms with van der Waals surface area (Å²) < 4.78 is 0.929.